The van der Waals surface area contributed by atoms with Gasteiger partial charge in [0, 0.05) is 0 Å². The molecule has 0 saturated heterocycles. The van der Waals surface area contributed by atoms with Crippen molar-refractivity contribution in [2.24, 2.45) is 0 Å². The number of aromatic nitrogens is 2. The summed E-state index contributed by atoms with van der Waals surface area (Å²) in [6, 6.07) is 3.78. The van der Waals surface area contributed by atoms with Crippen LogP contribution >= 0.6 is 11.7 Å². The van der Waals surface area contributed by atoms with E-state index < -0.39 is 0 Å². The lowest BCUT2D eigenvalue weighted by Crippen LogP contribution is -1.73. The second-order valence-electron chi connectivity index (χ2n) is 3.29. The Balaban J connectivity index is 2.56. The first-order valence-corrected chi connectivity index (χ1v) is 5.17. The number of nitrogens with zero attached hydrogens (tertiary/aromatic N) is 2. The van der Waals surface area contributed by atoms with Crippen molar-refractivity contribution in [2.45, 2.75) is 0 Å². The van der Waals surface area contributed by atoms with E-state index in [1.54, 1.807) is 12.5 Å². The molecule has 0 aliphatic rings. The Kier molecular flexibility index (Phi) is 1.17. The number of hydrogen-bond acceptors (Lipinski definition) is 5. The van der Waals surface area contributed by atoms with Gasteiger partial charge in [0.25, 0.3) is 0 Å². The molecule has 5 heteroatoms. The van der Waals surface area contributed by atoms with Gasteiger partial charge < -0.3 is 8.83 Å². The third-order valence-electron chi connectivity index (χ3n) is 2.54. The summed E-state index contributed by atoms with van der Waals surface area (Å²) in [5.74, 6) is 0. The summed E-state index contributed by atoms with van der Waals surface area (Å²) in [7, 11) is 0. The van der Waals surface area contributed by atoms with E-state index in [2.05, 4.69) is 8.75 Å². The summed E-state index contributed by atoms with van der Waals surface area (Å²) in [6.45, 7) is 0. The van der Waals surface area contributed by atoms with Gasteiger partial charge >= 0.3 is 0 Å². The summed E-state index contributed by atoms with van der Waals surface area (Å²) in [6.07, 6.45) is 3.29. The smallest absolute Gasteiger partial charge is 0.179 e. The van der Waals surface area contributed by atoms with Crippen LogP contribution in [0, 0.1) is 0 Å². The van der Waals surface area contributed by atoms with E-state index in [0.717, 1.165) is 33.0 Å². The highest BCUT2D eigenvalue weighted by Gasteiger charge is 2.15. The van der Waals surface area contributed by atoms with Gasteiger partial charge in [0.1, 0.15) is 11.0 Å². The number of fused-ring (bicyclic) bond motifs is 6. The van der Waals surface area contributed by atoms with Crippen LogP contribution in [0.1, 0.15) is 0 Å². The van der Waals surface area contributed by atoms with Crippen LogP contribution in [0.4, 0.5) is 0 Å². The Morgan fingerprint density at radius 1 is 0.867 bits per heavy atom. The molecule has 3 heterocycles. The Hall–Kier alpha value is -1.88. The lowest BCUT2D eigenvalue weighted by Gasteiger charge is -1.92. The van der Waals surface area contributed by atoms with Crippen LogP contribution in [0.2, 0.25) is 0 Å². The first kappa shape index (κ1) is 7.42. The Morgan fingerprint density at radius 2 is 1.40 bits per heavy atom. The maximum Gasteiger partial charge on any atom is 0.179 e. The number of hydrogen-bond donors (Lipinski definition) is 0. The second kappa shape index (κ2) is 2.38. The predicted octanol–water partition coefficient (Wildman–Crippen LogP) is 3.18. The zero-order valence-electron chi connectivity index (χ0n) is 7.43. The molecule has 0 aliphatic carbocycles. The van der Waals surface area contributed by atoms with Crippen LogP contribution in [0.5, 0.6) is 0 Å². The van der Waals surface area contributed by atoms with Crippen LogP contribution in [0.3, 0.4) is 0 Å². The number of furan rings is 2. The minimum Gasteiger partial charge on any atom is -0.460 e. The standard InChI is InChI=1S/C10H4N2O2S/c1-3-13-9-5(1)7-8(12-15-11-7)6-2-4-14-10(6)9/h1-4H. The van der Waals surface area contributed by atoms with Crippen molar-refractivity contribution in [1.29, 1.82) is 0 Å². The highest BCUT2D eigenvalue weighted by molar-refractivity contribution is 7.00. The molecule has 4 nitrogen and oxygen atoms in total. The lowest BCUT2D eigenvalue weighted by atomic mass is 10.1. The fourth-order valence-electron chi connectivity index (χ4n) is 1.89. The molecular weight excluding hydrogens is 212 g/mol. The van der Waals surface area contributed by atoms with Crippen molar-refractivity contribution < 1.29 is 8.83 Å². The van der Waals surface area contributed by atoms with Crippen LogP contribution < -0.4 is 0 Å². The average Bonchev–Trinajstić information content (AvgIpc) is 2.97. The number of rotatable bonds is 0. The molecule has 72 valence electrons. The summed E-state index contributed by atoms with van der Waals surface area (Å²) >= 11 is 1.21. The molecule has 0 spiro atoms. The first-order chi connectivity index (χ1) is 7.45. The fraction of sp³-hybridized carbons (Fsp3) is 0. The zero-order valence-corrected chi connectivity index (χ0v) is 8.25. The van der Waals surface area contributed by atoms with Crippen LogP contribution in [0.15, 0.2) is 33.5 Å². The number of benzene rings is 1. The average molecular weight is 216 g/mol. The van der Waals surface area contributed by atoms with Gasteiger partial charge in [-0.1, -0.05) is 0 Å². The Labute approximate surface area is 87.4 Å². The quantitative estimate of drug-likeness (QED) is 0.453. The van der Waals surface area contributed by atoms with E-state index in [1.807, 2.05) is 12.1 Å². The van der Waals surface area contributed by atoms with Gasteiger partial charge in [-0.15, -0.1) is 0 Å². The van der Waals surface area contributed by atoms with E-state index in [0.29, 0.717) is 0 Å². The van der Waals surface area contributed by atoms with Crippen molar-refractivity contribution >= 4 is 44.7 Å². The third-order valence-corrected chi connectivity index (χ3v) is 3.06. The molecule has 0 radical (unpaired) electrons. The summed E-state index contributed by atoms with van der Waals surface area (Å²) < 4.78 is 19.4. The zero-order chi connectivity index (χ0) is 9.83. The summed E-state index contributed by atoms with van der Waals surface area (Å²) in [5, 5.41) is 1.92. The minimum absolute atomic E-state index is 0.746. The molecule has 0 atom stereocenters. The normalized spacial score (nSPS) is 12.0. The first-order valence-electron chi connectivity index (χ1n) is 4.44. The maximum atomic E-state index is 5.41. The lowest BCUT2D eigenvalue weighted by molar-refractivity contribution is 0.583. The summed E-state index contributed by atoms with van der Waals surface area (Å²) in [4.78, 5) is 0. The van der Waals surface area contributed by atoms with Gasteiger partial charge in [0.15, 0.2) is 11.2 Å². The molecule has 0 amide bonds. The van der Waals surface area contributed by atoms with Gasteiger partial charge in [-0.25, -0.2) is 0 Å². The molecule has 4 aromatic rings. The van der Waals surface area contributed by atoms with Gasteiger partial charge in [-0.2, -0.15) is 8.75 Å². The Bertz CT molecular complexity index is 585. The van der Waals surface area contributed by atoms with E-state index in [-0.39, 0.29) is 0 Å². The van der Waals surface area contributed by atoms with E-state index in [9.17, 15) is 0 Å². The van der Waals surface area contributed by atoms with E-state index in [4.69, 9.17) is 8.83 Å². The molecular formula is C10H4N2O2S. The monoisotopic (exact) mass is 216 g/mol. The van der Waals surface area contributed by atoms with Gasteiger partial charge in [-0.3, -0.25) is 0 Å². The molecule has 0 N–H and O–H groups in total. The highest BCUT2D eigenvalue weighted by atomic mass is 32.1. The van der Waals surface area contributed by atoms with Gasteiger partial charge in [0.2, 0.25) is 0 Å². The molecule has 0 unspecified atom stereocenters. The molecule has 0 aliphatic heterocycles. The largest absolute Gasteiger partial charge is 0.460 e. The minimum atomic E-state index is 0.746. The van der Waals surface area contributed by atoms with Crippen molar-refractivity contribution in [2.75, 3.05) is 0 Å². The topological polar surface area (TPSA) is 52.1 Å². The van der Waals surface area contributed by atoms with Gasteiger partial charge in [0.05, 0.1) is 35.0 Å². The molecule has 4 rings (SSSR count). The van der Waals surface area contributed by atoms with Crippen molar-refractivity contribution in [3.05, 3.63) is 24.7 Å². The van der Waals surface area contributed by atoms with E-state index >= 15 is 0 Å². The second-order valence-corrected chi connectivity index (χ2v) is 3.82. The Morgan fingerprint density at radius 3 is 1.93 bits per heavy atom. The molecule has 3 aromatic heterocycles. The maximum absolute atomic E-state index is 5.41. The predicted molar refractivity (Wildman–Crippen MR) is 57.0 cm³/mol. The van der Waals surface area contributed by atoms with Gasteiger partial charge in [-0.05, 0) is 12.1 Å². The molecule has 15 heavy (non-hydrogen) atoms. The van der Waals surface area contributed by atoms with Crippen molar-refractivity contribution in [1.82, 2.24) is 8.75 Å². The van der Waals surface area contributed by atoms with Crippen LogP contribution in [-0.4, -0.2) is 8.75 Å². The fourth-order valence-corrected chi connectivity index (χ4v) is 2.46. The molecule has 0 saturated carbocycles. The van der Waals surface area contributed by atoms with Crippen molar-refractivity contribution in [3.63, 3.8) is 0 Å². The molecule has 1 aromatic carbocycles. The van der Waals surface area contributed by atoms with Crippen molar-refractivity contribution in [3.8, 4) is 0 Å². The summed E-state index contributed by atoms with van der Waals surface area (Å²) in [5.41, 5.74) is 3.26. The molecule has 0 bridgehead atoms. The third kappa shape index (κ3) is 0.771. The van der Waals surface area contributed by atoms with Crippen LogP contribution in [0.25, 0.3) is 33.0 Å². The SMILES string of the molecule is c1cc2c3nsnc3c3ccoc3c2o1. The highest BCUT2D eigenvalue weighted by Crippen LogP contribution is 2.34. The van der Waals surface area contributed by atoms with Crippen LogP contribution in [-0.2, 0) is 0 Å². The van der Waals surface area contributed by atoms with E-state index in [1.165, 1.54) is 11.7 Å². The molecule has 0 fully saturated rings.